The zero-order chi connectivity index (χ0) is 10.1. The van der Waals surface area contributed by atoms with Crippen LogP contribution in [0.15, 0.2) is 35.2 Å². The molecule has 0 spiro atoms. The fraction of sp³-hybridized carbons (Fsp3) is 0.455. The van der Waals surface area contributed by atoms with E-state index in [0.717, 1.165) is 0 Å². The van der Waals surface area contributed by atoms with E-state index in [0.29, 0.717) is 4.75 Å². The number of hydrogen-bond acceptors (Lipinski definition) is 0. The van der Waals surface area contributed by atoms with Crippen molar-refractivity contribution in [2.75, 3.05) is 6.26 Å². The molecule has 0 heterocycles. The highest BCUT2D eigenvalue weighted by molar-refractivity contribution is 8.68. The van der Waals surface area contributed by atoms with Gasteiger partial charge in [0, 0.05) is 0 Å². The molecule has 0 radical (unpaired) electrons. The lowest BCUT2D eigenvalue weighted by Crippen LogP contribution is -2.19. The van der Waals surface area contributed by atoms with Gasteiger partial charge < -0.3 is 0 Å². The summed E-state index contributed by atoms with van der Waals surface area (Å²) in [6.07, 6.45) is 2.35. The SMILES string of the molecule is CC(C)(C)S(C)(P)c1ccccc1. The molecule has 0 nitrogen and oxygen atoms in total. The minimum atomic E-state index is -0.760. The van der Waals surface area contributed by atoms with E-state index in [4.69, 9.17) is 0 Å². The van der Waals surface area contributed by atoms with E-state index in [-0.39, 0.29) is 0 Å². The largest absolute Gasteiger partial charge is 0.197 e. The summed E-state index contributed by atoms with van der Waals surface area (Å²) in [6.45, 7) is 6.92. The first-order valence-electron chi connectivity index (χ1n) is 4.46. The van der Waals surface area contributed by atoms with Crippen molar-refractivity contribution < 1.29 is 0 Å². The summed E-state index contributed by atoms with van der Waals surface area (Å²) in [5.41, 5.74) is 0. The van der Waals surface area contributed by atoms with Crippen LogP contribution in [0.1, 0.15) is 20.8 Å². The maximum atomic E-state index is 3.06. The summed E-state index contributed by atoms with van der Waals surface area (Å²) in [6, 6.07) is 10.8. The summed E-state index contributed by atoms with van der Waals surface area (Å²) in [7, 11) is 2.30. The van der Waals surface area contributed by atoms with Gasteiger partial charge in [0.05, 0.1) is 0 Å². The summed E-state index contributed by atoms with van der Waals surface area (Å²) in [5, 5.41) is 0. The zero-order valence-corrected chi connectivity index (χ0v) is 10.8. The van der Waals surface area contributed by atoms with Crippen molar-refractivity contribution in [2.45, 2.75) is 30.4 Å². The molecule has 2 atom stereocenters. The molecule has 0 aliphatic heterocycles. The third kappa shape index (κ3) is 2.27. The van der Waals surface area contributed by atoms with E-state index in [1.54, 1.807) is 0 Å². The Balaban J connectivity index is 3.08. The van der Waals surface area contributed by atoms with E-state index >= 15 is 0 Å². The second kappa shape index (κ2) is 3.63. The molecule has 0 aliphatic rings. The quantitative estimate of drug-likeness (QED) is 0.618. The Kier molecular flexibility index (Phi) is 3.09. The van der Waals surface area contributed by atoms with Crippen molar-refractivity contribution in [3.05, 3.63) is 30.3 Å². The number of hydrogen-bond donors (Lipinski definition) is 0. The van der Waals surface area contributed by atoms with Crippen LogP contribution in [-0.2, 0) is 0 Å². The number of rotatable bonds is 1. The smallest absolute Gasteiger partial charge is 0.00166 e. The van der Waals surface area contributed by atoms with Gasteiger partial charge >= 0.3 is 0 Å². The third-order valence-electron chi connectivity index (χ3n) is 2.50. The molecule has 0 aliphatic carbocycles. The molecule has 74 valence electrons. The molecule has 2 unspecified atom stereocenters. The minimum Gasteiger partial charge on any atom is -0.197 e. The Bertz CT molecular complexity index is 272. The topological polar surface area (TPSA) is 0 Å². The van der Waals surface area contributed by atoms with Crippen LogP contribution in [0.5, 0.6) is 0 Å². The summed E-state index contributed by atoms with van der Waals surface area (Å²) < 4.78 is 0.346. The summed E-state index contributed by atoms with van der Waals surface area (Å²) in [5.74, 6) is 0. The Labute approximate surface area is 85.4 Å². The first-order valence-corrected chi connectivity index (χ1v) is 7.98. The molecule has 0 amide bonds. The first-order chi connectivity index (χ1) is 5.86. The lowest BCUT2D eigenvalue weighted by molar-refractivity contribution is 0.793. The number of benzene rings is 1. The monoisotopic (exact) mass is 214 g/mol. The van der Waals surface area contributed by atoms with Gasteiger partial charge in [-0.05, 0) is 28.0 Å². The van der Waals surface area contributed by atoms with Crippen molar-refractivity contribution in [3.8, 4) is 0 Å². The van der Waals surface area contributed by atoms with Gasteiger partial charge in [0.1, 0.15) is 0 Å². The van der Waals surface area contributed by atoms with Crippen LogP contribution in [0.3, 0.4) is 0 Å². The van der Waals surface area contributed by atoms with Crippen molar-refractivity contribution in [1.82, 2.24) is 0 Å². The molecule has 13 heavy (non-hydrogen) atoms. The summed E-state index contributed by atoms with van der Waals surface area (Å²) in [4.78, 5) is 1.47. The molecule has 1 rings (SSSR count). The molecule has 2 heteroatoms. The molecule has 0 saturated heterocycles. The Morgan fingerprint density at radius 2 is 1.54 bits per heavy atom. The Morgan fingerprint density at radius 1 is 1.08 bits per heavy atom. The molecule has 0 N–H and O–H groups in total. The molecule has 0 saturated carbocycles. The van der Waals surface area contributed by atoms with E-state index in [1.807, 2.05) is 0 Å². The molecular weight excluding hydrogens is 195 g/mol. The highest BCUT2D eigenvalue weighted by atomic mass is 32.8. The van der Waals surface area contributed by atoms with E-state index in [2.05, 4.69) is 65.8 Å². The first kappa shape index (κ1) is 11.1. The maximum Gasteiger partial charge on any atom is -0.00166 e. The fourth-order valence-corrected chi connectivity index (χ4v) is 2.96. The van der Waals surface area contributed by atoms with Crippen LogP contribution in [0.2, 0.25) is 0 Å². The van der Waals surface area contributed by atoms with E-state index in [1.165, 1.54) is 4.90 Å². The highest BCUT2D eigenvalue weighted by Gasteiger charge is 2.29. The van der Waals surface area contributed by atoms with Crippen molar-refractivity contribution >= 4 is 18.1 Å². The molecule has 1 aromatic carbocycles. The van der Waals surface area contributed by atoms with Gasteiger partial charge in [-0.15, -0.1) is 0 Å². The standard InChI is InChI=1S/C11H19PS/c1-11(2,3)13(4,12)10-8-6-5-7-9-10/h5-9H,12H2,1-4H3. The van der Waals surface area contributed by atoms with Crippen LogP contribution >= 0.6 is 18.1 Å². The van der Waals surface area contributed by atoms with Gasteiger partial charge in [0.25, 0.3) is 0 Å². The molecule has 0 fully saturated rings. The van der Waals surface area contributed by atoms with Crippen molar-refractivity contribution in [1.29, 1.82) is 0 Å². The van der Waals surface area contributed by atoms with Crippen LogP contribution in [0, 0.1) is 0 Å². The molecule has 0 bridgehead atoms. The van der Waals surface area contributed by atoms with Crippen LogP contribution < -0.4 is 0 Å². The Morgan fingerprint density at radius 3 is 1.92 bits per heavy atom. The Hall–Kier alpha value is 0. The summed E-state index contributed by atoms with van der Waals surface area (Å²) >= 11 is 0. The van der Waals surface area contributed by atoms with Crippen molar-refractivity contribution in [2.24, 2.45) is 0 Å². The lowest BCUT2D eigenvalue weighted by Gasteiger charge is -2.44. The van der Waals surface area contributed by atoms with Gasteiger partial charge in [-0.3, -0.25) is 0 Å². The van der Waals surface area contributed by atoms with Gasteiger partial charge in [-0.25, -0.2) is 0 Å². The molecule has 1 aromatic rings. The maximum absolute atomic E-state index is 3.06. The lowest BCUT2D eigenvalue weighted by atomic mass is 10.3. The van der Waals surface area contributed by atoms with Gasteiger partial charge in [0.15, 0.2) is 0 Å². The van der Waals surface area contributed by atoms with Gasteiger partial charge in [-0.2, -0.15) is 9.65 Å². The second-order valence-electron chi connectivity index (χ2n) is 4.41. The van der Waals surface area contributed by atoms with Gasteiger partial charge in [-0.1, -0.05) is 47.4 Å². The fourth-order valence-electron chi connectivity index (χ4n) is 1.06. The average molecular weight is 214 g/mol. The van der Waals surface area contributed by atoms with Crippen LogP contribution in [-0.4, -0.2) is 11.0 Å². The predicted octanol–water partition coefficient (Wildman–Crippen LogP) is 4.07. The van der Waals surface area contributed by atoms with Crippen molar-refractivity contribution in [3.63, 3.8) is 0 Å². The van der Waals surface area contributed by atoms with Crippen LogP contribution in [0.25, 0.3) is 0 Å². The van der Waals surface area contributed by atoms with E-state index in [9.17, 15) is 0 Å². The third-order valence-corrected chi connectivity index (χ3v) is 9.24. The predicted molar refractivity (Wildman–Crippen MR) is 67.7 cm³/mol. The minimum absolute atomic E-state index is 0.346. The molecule has 0 aromatic heterocycles. The van der Waals surface area contributed by atoms with Crippen LogP contribution in [0.4, 0.5) is 0 Å². The molecular formula is C11H19PS. The normalized spacial score (nSPS) is 19.2. The average Bonchev–Trinajstić information content (AvgIpc) is 2.04. The van der Waals surface area contributed by atoms with Gasteiger partial charge in [0.2, 0.25) is 0 Å². The zero-order valence-electron chi connectivity index (χ0n) is 8.87. The highest BCUT2D eigenvalue weighted by Crippen LogP contribution is 2.68. The second-order valence-corrected chi connectivity index (χ2v) is 10.9. The van der Waals surface area contributed by atoms with E-state index < -0.39 is 9.65 Å².